The van der Waals surface area contributed by atoms with E-state index in [0.29, 0.717) is 0 Å². The number of halogens is 3. The first kappa shape index (κ1) is 13.6. The van der Waals surface area contributed by atoms with Gasteiger partial charge in [0.25, 0.3) is 0 Å². The van der Waals surface area contributed by atoms with Crippen molar-refractivity contribution in [1.82, 2.24) is 0 Å². The average Bonchev–Trinajstić information content (AvgIpc) is 2.33. The van der Waals surface area contributed by atoms with Gasteiger partial charge in [-0.3, -0.25) is 4.21 Å². The first-order chi connectivity index (χ1) is 8.97. The van der Waals surface area contributed by atoms with Crippen molar-refractivity contribution < 1.29 is 17.4 Å². The van der Waals surface area contributed by atoms with Crippen LogP contribution in [0.1, 0.15) is 5.56 Å². The van der Waals surface area contributed by atoms with Gasteiger partial charge >= 0.3 is 0 Å². The second-order valence-electron chi connectivity index (χ2n) is 3.92. The minimum Gasteiger partial charge on any atom is -0.399 e. The molecule has 0 aromatic heterocycles. The molecule has 0 saturated carbocycles. The Morgan fingerprint density at radius 1 is 1.11 bits per heavy atom. The summed E-state index contributed by atoms with van der Waals surface area (Å²) in [4.78, 5) is 0.140. The van der Waals surface area contributed by atoms with Crippen LogP contribution in [-0.4, -0.2) is 4.21 Å². The summed E-state index contributed by atoms with van der Waals surface area (Å²) >= 11 is 0. The van der Waals surface area contributed by atoms with E-state index in [-0.39, 0.29) is 21.9 Å². The minimum absolute atomic E-state index is 0.0267. The van der Waals surface area contributed by atoms with E-state index in [2.05, 4.69) is 0 Å². The third-order valence-electron chi connectivity index (χ3n) is 2.47. The molecule has 0 aliphatic rings. The van der Waals surface area contributed by atoms with Gasteiger partial charge in [0.2, 0.25) is 0 Å². The molecule has 1 atom stereocenters. The first-order valence-electron chi connectivity index (χ1n) is 5.34. The Bertz CT molecular complexity index is 626. The molecule has 6 heteroatoms. The Labute approximate surface area is 110 Å². The van der Waals surface area contributed by atoms with Gasteiger partial charge in [0, 0.05) is 16.1 Å². The predicted octanol–water partition coefficient (Wildman–Crippen LogP) is 2.99. The van der Waals surface area contributed by atoms with E-state index in [1.165, 1.54) is 18.2 Å². The van der Waals surface area contributed by atoms with Crippen molar-refractivity contribution in [3.05, 3.63) is 59.4 Å². The molecule has 100 valence electrons. The van der Waals surface area contributed by atoms with Gasteiger partial charge in [-0.1, -0.05) is 12.1 Å². The van der Waals surface area contributed by atoms with Crippen molar-refractivity contribution in [1.29, 1.82) is 0 Å². The third kappa shape index (κ3) is 3.14. The largest absolute Gasteiger partial charge is 0.399 e. The van der Waals surface area contributed by atoms with Crippen LogP contribution in [0.3, 0.4) is 0 Å². The van der Waals surface area contributed by atoms with Crippen molar-refractivity contribution in [2.24, 2.45) is 0 Å². The van der Waals surface area contributed by atoms with Crippen LogP contribution >= 0.6 is 0 Å². The molecule has 0 saturated heterocycles. The normalized spacial score (nSPS) is 12.4. The molecule has 0 spiro atoms. The van der Waals surface area contributed by atoms with Crippen LogP contribution in [0.4, 0.5) is 18.9 Å². The number of rotatable bonds is 3. The summed E-state index contributed by atoms with van der Waals surface area (Å²) < 4.78 is 51.5. The van der Waals surface area contributed by atoms with Crippen molar-refractivity contribution in [2.45, 2.75) is 10.6 Å². The lowest BCUT2D eigenvalue weighted by atomic mass is 10.2. The molecule has 0 amide bonds. The molecule has 0 radical (unpaired) electrons. The first-order valence-corrected chi connectivity index (χ1v) is 6.66. The Balaban J connectivity index is 2.28. The molecule has 2 aromatic carbocycles. The molecule has 2 aromatic rings. The average molecular weight is 285 g/mol. The van der Waals surface area contributed by atoms with E-state index in [1.807, 2.05) is 0 Å². The second-order valence-corrected chi connectivity index (χ2v) is 5.37. The Kier molecular flexibility index (Phi) is 3.90. The van der Waals surface area contributed by atoms with Gasteiger partial charge in [-0.25, -0.2) is 13.2 Å². The van der Waals surface area contributed by atoms with Gasteiger partial charge in [-0.05, 0) is 24.3 Å². The quantitative estimate of drug-likeness (QED) is 0.881. The number of anilines is 1. The van der Waals surface area contributed by atoms with E-state index in [4.69, 9.17) is 5.73 Å². The van der Waals surface area contributed by atoms with Crippen molar-refractivity contribution in [2.75, 3.05) is 5.73 Å². The van der Waals surface area contributed by atoms with Crippen molar-refractivity contribution >= 4 is 16.5 Å². The summed E-state index contributed by atoms with van der Waals surface area (Å²) in [6.07, 6.45) is 0. The maximum atomic E-state index is 13.4. The van der Waals surface area contributed by atoms with Crippen molar-refractivity contribution in [3.63, 3.8) is 0 Å². The molecular formula is C13H10F3NOS. The number of hydrogen-bond acceptors (Lipinski definition) is 2. The zero-order valence-corrected chi connectivity index (χ0v) is 10.5. The van der Waals surface area contributed by atoms with E-state index in [9.17, 15) is 17.4 Å². The Morgan fingerprint density at radius 3 is 2.53 bits per heavy atom. The molecule has 0 heterocycles. The molecule has 2 nitrogen and oxygen atoms in total. The maximum absolute atomic E-state index is 13.4. The maximum Gasteiger partial charge on any atom is 0.162 e. The van der Waals surface area contributed by atoms with E-state index < -0.39 is 28.3 Å². The van der Waals surface area contributed by atoms with Crippen LogP contribution in [0.15, 0.2) is 41.3 Å². The van der Waals surface area contributed by atoms with E-state index in [1.54, 1.807) is 0 Å². The number of hydrogen-bond donors (Lipinski definition) is 1. The minimum atomic E-state index is -1.70. The molecular weight excluding hydrogens is 275 g/mol. The second kappa shape index (κ2) is 5.44. The zero-order chi connectivity index (χ0) is 14.0. The smallest absolute Gasteiger partial charge is 0.162 e. The molecule has 0 bridgehead atoms. The highest BCUT2D eigenvalue weighted by molar-refractivity contribution is 7.84. The van der Waals surface area contributed by atoms with Gasteiger partial charge in [-0.15, -0.1) is 0 Å². The van der Waals surface area contributed by atoms with Crippen LogP contribution in [0.5, 0.6) is 0 Å². The van der Waals surface area contributed by atoms with Gasteiger partial charge < -0.3 is 5.73 Å². The van der Waals surface area contributed by atoms with Crippen LogP contribution in [0.2, 0.25) is 0 Å². The standard InChI is InChI=1S/C13H10F3NOS/c14-9-4-10(17)6-11(5-9)19(18)7-8-2-1-3-12(15)13(8)16/h1-6H,7,17H2. The van der Waals surface area contributed by atoms with Gasteiger partial charge in [0.1, 0.15) is 5.82 Å². The molecule has 0 fully saturated rings. The van der Waals surface area contributed by atoms with E-state index >= 15 is 0 Å². The highest BCUT2D eigenvalue weighted by Gasteiger charge is 2.13. The molecule has 19 heavy (non-hydrogen) atoms. The van der Waals surface area contributed by atoms with E-state index in [0.717, 1.165) is 18.2 Å². The highest BCUT2D eigenvalue weighted by atomic mass is 32.2. The van der Waals surface area contributed by atoms with Gasteiger partial charge in [0.15, 0.2) is 11.6 Å². The highest BCUT2D eigenvalue weighted by Crippen LogP contribution is 2.19. The lowest BCUT2D eigenvalue weighted by Gasteiger charge is -2.06. The summed E-state index contributed by atoms with van der Waals surface area (Å²) in [7, 11) is -1.70. The Morgan fingerprint density at radius 2 is 1.84 bits per heavy atom. The fourth-order valence-corrected chi connectivity index (χ4v) is 2.78. The fraction of sp³-hybridized carbons (Fsp3) is 0.0769. The molecule has 2 N–H and O–H groups in total. The number of nitrogen functional groups attached to an aromatic ring is 1. The zero-order valence-electron chi connectivity index (χ0n) is 9.70. The van der Waals surface area contributed by atoms with Gasteiger partial charge in [0.05, 0.1) is 16.6 Å². The van der Waals surface area contributed by atoms with Crippen LogP contribution in [0.25, 0.3) is 0 Å². The molecule has 2 rings (SSSR count). The number of nitrogens with two attached hydrogens (primary N) is 1. The summed E-state index contributed by atoms with van der Waals surface area (Å²) in [6.45, 7) is 0. The molecule has 1 unspecified atom stereocenters. The third-order valence-corrected chi connectivity index (χ3v) is 3.81. The summed E-state index contributed by atoms with van der Waals surface area (Å²) in [5, 5.41) is 0. The molecule has 0 aliphatic carbocycles. The summed E-state index contributed by atoms with van der Waals surface area (Å²) in [5.41, 5.74) is 5.54. The number of benzene rings is 2. The summed E-state index contributed by atoms with van der Waals surface area (Å²) in [6, 6.07) is 7.12. The van der Waals surface area contributed by atoms with Crippen molar-refractivity contribution in [3.8, 4) is 0 Å². The SMILES string of the molecule is Nc1cc(F)cc(S(=O)Cc2cccc(F)c2F)c1. The summed E-state index contributed by atoms with van der Waals surface area (Å²) in [5.74, 6) is -2.91. The lowest BCUT2D eigenvalue weighted by Crippen LogP contribution is -2.02. The van der Waals surface area contributed by atoms with Crippen LogP contribution in [-0.2, 0) is 16.6 Å². The molecule has 0 aliphatic heterocycles. The monoisotopic (exact) mass is 285 g/mol. The topological polar surface area (TPSA) is 43.1 Å². The van der Waals surface area contributed by atoms with Crippen LogP contribution in [0, 0.1) is 17.5 Å². The fourth-order valence-electron chi connectivity index (χ4n) is 1.60. The van der Waals surface area contributed by atoms with Gasteiger partial charge in [-0.2, -0.15) is 0 Å². The predicted molar refractivity (Wildman–Crippen MR) is 67.3 cm³/mol. The Hall–Kier alpha value is -1.82. The lowest BCUT2D eigenvalue weighted by molar-refractivity contribution is 0.502. The van der Waals surface area contributed by atoms with Crippen LogP contribution < -0.4 is 5.73 Å².